The highest BCUT2D eigenvalue weighted by molar-refractivity contribution is 4.95. The molecule has 94 valence electrons. The second-order valence-corrected chi connectivity index (χ2v) is 5.59. The van der Waals surface area contributed by atoms with Crippen molar-refractivity contribution in [3.63, 3.8) is 0 Å². The maximum atomic E-state index is 5.94. The lowest BCUT2D eigenvalue weighted by Gasteiger charge is -2.36. The van der Waals surface area contributed by atoms with Crippen LogP contribution in [0.15, 0.2) is 0 Å². The lowest BCUT2D eigenvalue weighted by molar-refractivity contribution is 0.0189. The number of hydrogen-bond donors (Lipinski definition) is 2. The zero-order valence-corrected chi connectivity index (χ0v) is 10.5. The normalized spacial score (nSPS) is 32.6. The molecule has 3 heteroatoms. The SMILES string of the molecule is CCCC1CC1NCC1(CN)CCOCC1. The summed E-state index contributed by atoms with van der Waals surface area (Å²) in [6, 6.07) is 0.784. The molecule has 2 fully saturated rings. The zero-order chi connectivity index (χ0) is 11.4. The topological polar surface area (TPSA) is 47.3 Å². The minimum Gasteiger partial charge on any atom is -0.381 e. The monoisotopic (exact) mass is 226 g/mol. The number of hydrogen-bond acceptors (Lipinski definition) is 3. The molecule has 0 aromatic carbocycles. The fourth-order valence-corrected chi connectivity index (χ4v) is 2.79. The lowest BCUT2D eigenvalue weighted by atomic mass is 9.80. The third-order valence-corrected chi connectivity index (χ3v) is 4.31. The van der Waals surface area contributed by atoms with Crippen LogP contribution in [-0.2, 0) is 4.74 Å². The molecule has 2 aliphatic rings. The van der Waals surface area contributed by atoms with E-state index in [1.54, 1.807) is 0 Å². The summed E-state index contributed by atoms with van der Waals surface area (Å²) >= 11 is 0. The van der Waals surface area contributed by atoms with E-state index < -0.39 is 0 Å². The summed E-state index contributed by atoms with van der Waals surface area (Å²) in [5.41, 5.74) is 6.26. The van der Waals surface area contributed by atoms with Crippen LogP contribution in [0.1, 0.15) is 39.0 Å². The van der Waals surface area contributed by atoms with Gasteiger partial charge < -0.3 is 15.8 Å². The molecule has 1 aliphatic carbocycles. The lowest BCUT2D eigenvalue weighted by Crippen LogP contribution is -2.45. The Morgan fingerprint density at radius 2 is 2.12 bits per heavy atom. The molecule has 0 amide bonds. The highest BCUT2D eigenvalue weighted by Gasteiger charge is 2.38. The van der Waals surface area contributed by atoms with Crippen molar-refractivity contribution in [2.75, 3.05) is 26.3 Å². The maximum Gasteiger partial charge on any atom is 0.0472 e. The number of nitrogens with one attached hydrogen (secondary N) is 1. The molecular weight excluding hydrogens is 200 g/mol. The standard InChI is InChI=1S/C13H26N2O/c1-2-3-11-8-12(11)15-10-13(9-14)4-6-16-7-5-13/h11-12,15H,2-10,14H2,1H3. The van der Waals surface area contributed by atoms with Gasteiger partial charge in [0, 0.05) is 25.8 Å². The molecule has 0 bridgehead atoms. The summed E-state index contributed by atoms with van der Waals surface area (Å²) in [5, 5.41) is 3.72. The summed E-state index contributed by atoms with van der Waals surface area (Å²) in [4.78, 5) is 0. The van der Waals surface area contributed by atoms with Gasteiger partial charge in [0.1, 0.15) is 0 Å². The first-order valence-electron chi connectivity index (χ1n) is 6.81. The van der Waals surface area contributed by atoms with Crippen LogP contribution in [0.25, 0.3) is 0 Å². The summed E-state index contributed by atoms with van der Waals surface area (Å²) in [6.45, 7) is 5.95. The first-order chi connectivity index (χ1) is 7.79. The third kappa shape index (κ3) is 2.96. The van der Waals surface area contributed by atoms with Gasteiger partial charge in [-0.25, -0.2) is 0 Å². The van der Waals surface area contributed by atoms with Gasteiger partial charge in [-0.2, -0.15) is 0 Å². The van der Waals surface area contributed by atoms with Crippen LogP contribution in [0.4, 0.5) is 0 Å². The van der Waals surface area contributed by atoms with E-state index in [1.807, 2.05) is 0 Å². The average molecular weight is 226 g/mol. The molecule has 0 spiro atoms. The van der Waals surface area contributed by atoms with Crippen molar-refractivity contribution in [3.8, 4) is 0 Å². The van der Waals surface area contributed by atoms with Gasteiger partial charge >= 0.3 is 0 Å². The average Bonchev–Trinajstić information content (AvgIpc) is 3.07. The van der Waals surface area contributed by atoms with E-state index >= 15 is 0 Å². The molecule has 0 aromatic heterocycles. The summed E-state index contributed by atoms with van der Waals surface area (Å²) in [5.74, 6) is 0.944. The van der Waals surface area contributed by atoms with Crippen LogP contribution in [0.2, 0.25) is 0 Å². The molecule has 1 aliphatic heterocycles. The van der Waals surface area contributed by atoms with E-state index in [9.17, 15) is 0 Å². The molecule has 2 atom stereocenters. The van der Waals surface area contributed by atoms with E-state index in [4.69, 9.17) is 10.5 Å². The fourth-order valence-electron chi connectivity index (χ4n) is 2.79. The van der Waals surface area contributed by atoms with Crippen molar-refractivity contribution >= 4 is 0 Å². The van der Waals surface area contributed by atoms with E-state index in [1.165, 1.54) is 19.3 Å². The van der Waals surface area contributed by atoms with Gasteiger partial charge in [-0.15, -0.1) is 0 Å². The maximum absolute atomic E-state index is 5.94. The Bertz CT molecular complexity index is 214. The summed E-state index contributed by atoms with van der Waals surface area (Å²) < 4.78 is 5.43. The van der Waals surface area contributed by atoms with Crippen molar-refractivity contribution in [1.82, 2.24) is 5.32 Å². The molecule has 1 saturated carbocycles. The van der Waals surface area contributed by atoms with Crippen LogP contribution in [0, 0.1) is 11.3 Å². The number of rotatable bonds is 6. The fraction of sp³-hybridized carbons (Fsp3) is 1.00. The van der Waals surface area contributed by atoms with Crippen molar-refractivity contribution in [1.29, 1.82) is 0 Å². The first kappa shape index (κ1) is 12.3. The van der Waals surface area contributed by atoms with Crippen LogP contribution in [0.3, 0.4) is 0 Å². The van der Waals surface area contributed by atoms with E-state index in [0.717, 1.165) is 51.1 Å². The molecule has 2 rings (SSSR count). The Labute approximate surface area is 99.1 Å². The highest BCUT2D eigenvalue weighted by atomic mass is 16.5. The minimum absolute atomic E-state index is 0.317. The molecule has 3 N–H and O–H groups in total. The van der Waals surface area contributed by atoms with Crippen molar-refractivity contribution in [2.45, 2.75) is 45.1 Å². The van der Waals surface area contributed by atoms with Crippen LogP contribution >= 0.6 is 0 Å². The number of nitrogens with two attached hydrogens (primary N) is 1. The van der Waals surface area contributed by atoms with Crippen molar-refractivity contribution in [3.05, 3.63) is 0 Å². The minimum atomic E-state index is 0.317. The Hall–Kier alpha value is -0.120. The molecular formula is C13H26N2O. The summed E-state index contributed by atoms with van der Waals surface area (Å²) in [6.07, 6.45) is 6.34. The van der Waals surface area contributed by atoms with Crippen molar-refractivity contribution < 1.29 is 4.74 Å². The zero-order valence-electron chi connectivity index (χ0n) is 10.5. The Balaban J connectivity index is 1.71. The van der Waals surface area contributed by atoms with Crippen LogP contribution in [-0.4, -0.2) is 32.3 Å². The molecule has 1 heterocycles. The predicted octanol–water partition coefficient (Wildman–Crippen LogP) is 1.52. The molecule has 3 nitrogen and oxygen atoms in total. The smallest absolute Gasteiger partial charge is 0.0472 e. The van der Waals surface area contributed by atoms with Gasteiger partial charge in [-0.3, -0.25) is 0 Å². The molecule has 0 radical (unpaired) electrons. The predicted molar refractivity (Wildman–Crippen MR) is 66.3 cm³/mol. The first-order valence-corrected chi connectivity index (χ1v) is 6.81. The molecule has 2 unspecified atom stereocenters. The van der Waals surface area contributed by atoms with Crippen LogP contribution < -0.4 is 11.1 Å². The second-order valence-electron chi connectivity index (χ2n) is 5.59. The van der Waals surface area contributed by atoms with E-state index in [-0.39, 0.29) is 0 Å². The van der Waals surface area contributed by atoms with Gasteiger partial charge in [-0.05, 0) is 43.6 Å². The van der Waals surface area contributed by atoms with E-state index in [2.05, 4.69) is 12.2 Å². The van der Waals surface area contributed by atoms with Gasteiger partial charge in [0.15, 0.2) is 0 Å². The quantitative estimate of drug-likeness (QED) is 0.722. The molecule has 1 saturated heterocycles. The Morgan fingerprint density at radius 3 is 2.75 bits per heavy atom. The number of ether oxygens (including phenoxy) is 1. The van der Waals surface area contributed by atoms with Gasteiger partial charge in [-0.1, -0.05) is 13.3 Å². The van der Waals surface area contributed by atoms with Crippen LogP contribution in [0.5, 0.6) is 0 Å². The van der Waals surface area contributed by atoms with Gasteiger partial charge in [0.25, 0.3) is 0 Å². The second kappa shape index (κ2) is 5.48. The molecule has 16 heavy (non-hydrogen) atoms. The Kier molecular flexibility index (Phi) is 4.22. The van der Waals surface area contributed by atoms with Crippen molar-refractivity contribution in [2.24, 2.45) is 17.1 Å². The highest BCUT2D eigenvalue weighted by Crippen LogP contribution is 2.36. The largest absolute Gasteiger partial charge is 0.381 e. The summed E-state index contributed by atoms with van der Waals surface area (Å²) in [7, 11) is 0. The Morgan fingerprint density at radius 1 is 1.38 bits per heavy atom. The van der Waals surface area contributed by atoms with E-state index in [0.29, 0.717) is 5.41 Å². The van der Waals surface area contributed by atoms with Gasteiger partial charge in [0.2, 0.25) is 0 Å². The molecule has 0 aromatic rings. The van der Waals surface area contributed by atoms with Gasteiger partial charge in [0.05, 0.1) is 0 Å². The third-order valence-electron chi connectivity index (χ3n) is 4.31.